The van der Waals surface area contributed by atoms with Gasteiger partial charge in [0.2, 0.25) is 0 Å². The number of nitrogens with one attached hydrogen (secondary N) is 1. The first-order valence-electron chi connectivity index (χ1n) is 7.77. The normalized spacial score (nSPS) is 36.0. The van der Waals surface area contributed by atoms with Gasteiger partial charge in [0.1, 0.15) is 0 Å². The Balaban J connectivity index is 1.88. The largest absolute Gasteiger partial charge is 0.381 e. The molecule has 0 saturated heterocycles. The molecule has 1 saturated carbocycles. The Morgan fingerprint density at radius 1 is 1.41 bits per heavy atom. The molecule has 4 atom stereocenters. The molecule has 5 heteroatoms. The minimum Gasteiger partial charge on any atom is -0.381 e. The zero-order chi connectivity index (χ0) is 15.5. The summed E-state index contributed by atoms with van der Waals surface area (Å²) in [7, 11) is 1.78. The van der Waals surface area contributed by atoms with Crippen molar-refractivity contribution in [1.82, 2.24) is 5.32 Å². The lowest BCUT2D eigenvalue weighted by molar-refractivity contribution is -0.116. The zero-order valence-corrected chi connectivity index (χ0v) is 14.3. The molecule has 1 aliphatic heterocycles. The molecular formula is C17H19BrN2O2. The molecule has 0 aromatic heterocycles. The highest BCUT2D eigenvalue weighted by Crippen LogP contribution is 2.57. The van der Waals surface area contributed by atoms with Crippen LogP contribution in [0.2, 0.25) is 0 Å². The predicted molar refractivity (Wildman–Crippen MR) is 88.0 cm³/mol. The van der Waals surface area contributed by atoms with E-state index < -0.39 is 5.66 Å². The van der Waals surface area contributed by atoms with Gasteiger partial charge in [-0.1, -0.05) is 22.0 Å². The van der Waals surface area contributed by atoms with E-state index in [1.807, 2.05) is 0 Å². The highest BCUT2D eigenvalue weighted by Gasteiger charge is 2.57. The van der Waals surface area contributed by atoms with Crippen LogP contribution in [-0.2, 0) is 15.2 Å². The van der Waals surface area contributed by atoms with E-state index in [1.165, 1.54) is 5.56 Å². The van der Waals surface area contributed by atoms with Gasteiger partial charge in [-0.15, -0.1) is 0 Å². The van der Waals surface area contributed by atoms with E-state index in [2.05, 4.69) is 39.4 Å². The van der Waals surface area contributed by atoms with Crippen molar-refractivity contribution >= 4 is 27.5 Å². The Labute approximate surface area is 138 Å². The van der Waals surface area contributed by atoms with Crippen molar-refractivity contribution < 1.29 is 9.53 Å². The number of hydrogen-bond donors (Lipinski definition) is 1. The van der Waals surface area contributed by atoms with Crippen LogP contribution < -0.4 is 5.32 Å². The van der Waals surface area contributed by atoms with Gasteiger partial charge in [0.15, 0.2) is 5.66 Å². The fourth-order valence-electron chi connectivity index (χ4n) is 4.47. The maximum Gasteiger partial charge on any atom is 0.267 e. The van der Waals surface area contributed by atoms with Crippen LogP contribution >= 0.6 is 15.9 Å². The number of hydrogen-bond acceptors (Lipinski definition) is 3. The van der Waals surface area contributed by atoms with Gasteiger partial charge < -0.3 is 10.1 Å². The van der Waals surface area contributed by atoms with Crippen molar-refractivity contribution in [2.45, 2.75) is 43.9 Å². The van der Waals surface area contributed by atoms with E-state index in [0.717, 1.165) is 29.3 Å². The third kappa shape index (κ3) is 1.85. The second-order valence-electron chi connectivity index (χ2n) is 6.53. The van der Waals surface area contributed by atoms with Gasteiger partial charge in [0.05, 0.1) is 11.8 Å². The van der Waals surface area contributed by atoms with E-state index in [9.17, 15) is 4.79 Å². The van der Waals surface area contributed by atoms with E-state index in [0.29, 0.717) is 11.6 Å². The van der Waals surface area contributed by atoms with Crippen LogP contribution in [0.15, 0.2) is 27.7 Å². The summed E-state index contributed by atoms with van der Waals surface area (Å²) in [4.78, 5) is 17.0. The maximum absolute atomic E-state index is 12.2. The number of aliphatic imine (C=N–C) groups is 1. The number of amides is 1. The topological polar surface area (TPSA) is 50.7 Å². The summed E-state index contributed by atoms with van der Waals surface area (Å²) in [5.74, 6) is 0.674. The third-order valence-corrected chi connectivity index (χ3v) is 5.97. The Kier molecular flexibility index (Phi) is 3.20. The molecule has 3 aliphatic rings. The van der Waals surface area contributed by atoms with Crippen molar-refractivity contribution in [2.75, 3.05) is 7.11 Å². The molecule has 4 rings (SSSR count). The van der Waals surface area contributed by atoms with Gasteiger partial charge in [0, 0.05) is 23.1 Å². The number of carbonyl (C=O) groups is 1. The van der Waals surface area contributed by atoms with E-state index in [1.54, 1.807) is 14.0 Å². The number of nitrogens with zero attached hydrogens (tertiary/aromatic N) is 1. The highest BCUT2D eigenvalue weighted by molar-refractivity contribution is 9.10. The summed E-state index contributed by atoms with van der Waals surface area (Å²) in [5.41, 5.74) is 2.47. The van der Waals surface area contributed by atoms with Gasteiger partial charge in [-0.25, -0.2) is 0 Å². The first-order valence-corrected chi connectivity index (χ1v) is 8.56. The van der Waals surface area contributed by atoms with Crippen LogP contribution in [-0.4, -0.2) is 24.8 Å². The quantitative estimate of drug-likeness (QED) is 0.834. The van der Waals surface area contributed by atoms with Crippen molar-refractivity contribution in [3.63, 3.8) is 0 Å². The van der Waals surface area contributed by atoms with E-state index >= 15 is 0 Å². The van der Waals surface area contributed by atoms with E-state index in [4.69, 9.17) is 9.73 Å². The molecule has 1 fully saturated rings. The summed E-state index contributed by atoms with van der Waals surface area (Å²) in [6.45, 7) is 1.80. The minimum atomic E-state index is -0.595. The summed E-state index contributed by atoms with van der Waals surface area (Å²) in [6.07, 6.45) is 3.35. The van der Waals surface area contributed by atoms with Gasteiger partial charge in [-0.05, 0) is 49.8 Å². The maximum atomic E-state index is 12.2. The second kappa shape index (κ2) is 4.90. The summed E-state index contributed by atoms with van der Waals surface area (Å²) in [5, 5.41) is 3.19. The van der Waals surface area contributed by atoms with Crippen molar-refractivity contribution in [2.24, 2.45) is 10.9 Å². The summed E-state index contributed by atoms with van der Waals surface area (Å²) >= 11 is 3.56. The predicted octanol–water partition coefficient (Wildman–Crippen LogP) is 3.10. The van der Waals surface area contributed by atoms with Crippen molar-refractivity contribution in [3.8, 4) is 0 Å². The molecule has 116 valence electrons. The number of ether oxygens (including phenoxy) is 1. The van der Waals surface area contributed by atoms with Crippen LogP contribution in [0.4, 0.5) is 0 Å². The lowest BCUT2D eigenvalue weighted by atomic mass is 9.75. The highest BCUT2D eigenvalue weighted by atomic mass is 79.9. The average molecular weight is 363 g/mol. The molecule has 4 nitrogen and oxygen atoms in total. The SMILES string of the molecule is COC1CCC2c3ccc(Br)cc3C3(N=C(C)C(=O)N3)C2C1. The summed E-state index contributed by atoms with van der Waals surface area (Å²) in [6, 6.07) is 6.40. The van der Waals surface area contributed by atoms with Gasteiger partial charge in [-0.3, -0.25) is 9.79 Å². The van der Waals surface area contributed by atoms with Crippen LogP contribution in [0, 0.1) is 5.92 Å². The van der Waals surface area contributed by atoms with Crippen molar-refractivity contribution in [3.05, 3.63) is 33.8 Å². The first-order chi connectivity index (χ1) is 10.5. The number of carbonyl (C=O) groups excluding carboxylic acids is 1. The van der Waals surface area contributed by atoms with Gasteiger partial charge >= 0.3 is 0 Å². The lowest BCUT2D eigenvalue weighted by Crippen LogP contribution is -2.46. The number of benzene rings is 1. The Hall–Kier alpha value is -1.20. The van der Waals surface area contributed by atoms with Crippen LogP contribution in [0.3, 0.4) is 0 Å². The van der Waals surface area contributed by atoms with Crippen LogP contribution in [0.25, 0.3) is 0 Å². The molecule has 2 aliphatic carbocycles. The van der Waals surface area contributed by atoms with Gasteiger partial charge in [0.25, 0.3) is 5.91 Å². The Morgan fingerprint density at radius 2 is 2.23 bits per heavy atom. The molecule has 1 heterocycles. The van der Waals surface area contributed by atoms with Crippen LogP contribution in [0.5, 0.6) is 0 Å². The molecule has 1 N–H and O–H groups in total. The summed E-state index contributed by atoms with van der Waals surface area (Å²) < 4.78 is 6.64. The molecule has 1 aromatic carbocycles. The number of rotatable bonds is 1. The van der Waals surface area contributed by atoms with Crippen molar-refractivity contribution in [1.29, 1.82) is 0 Å². The van der Waals surface area contributed by atoms with Crippen LogP contribution in [0.1, 0.15) is 43.2 Å². The fourth-order valence-corrected chi connectivity index (χ4v) is 4.83. The fraction of sp³-hybridized carbons (Fsp3) is 0.529. The molecule has 22 heavy (non-hydrogen) atoms. The Morgan fingerprint density at radius 3 is 2.91 bits per heavy atom. The molecule has 1 amide bonds. The standard InChI is InChI=1S/C17H19BrN2O2/c1-9-16(21)20-17(19-9)14-7-10(18)3-5-12(14)13-6-4-11(22-2)8-15(13)17/h3,5,7,11,13,15H,4,6,8H2,1-2H3,(H,20,21). The molecule has 0 radical (unpaired) electrons. The number of halogens is 1. The number of methoxy groups -OCH3 is 1. The number of fused-ring (bicyclic) bond motifs is 5. The lowest BCUT2D eigenvalue weighted by Gasteiger charge is -2.38. The minimum absolute atomic E-state index is 0.0499. The molecule has 1 aromatic rings. The smallest absolute Gasteiger partial charge is 0.267 e. The molecule has 0 bridgehead atoms. The first kappa shape index (κ1) is 14.4. The molecular weight excluding hydrogens is 344 g/mol. The molecule has 4 unspecified atom stereocenters. The Bertz CT molecular complexity index is 687. The average Bonchev–Trinajstić information content (AvgIpc) is 2.95. The molecule has 1 spiro atoms. The van der Waals surface area contributed by atoms with Gasteiger partial charge in [-0.2, -0.15) is 0 Å². The second-order valence-corrected chi connectivity index (χ2v) is 7.45. The third-order valence-electron chi connectivity index (χ3n) is 5.47. The van der Waals surface area contributed by atoms with E-state index in [-0.39, 0.29) is 17.9 Å². The zero-order valence-electron chi connectivity index (χ0n) is 12.7. The monoisotopic (exact) mass is 362 g/mol.